The van der Waals surface area contributed by atoms with Crippen molar-refractivity contribution in [3.05, 3.63) is 0 Å². The molecule has 0 radical (unpaired) electrons. The Labute approximate surface area is 55.9 Å². The van der Waals surface area contributed by atoms with E-state index in [0.717, 1.165) is 0 Å². The fourth-order valence-electron chi connectivity index (χ4n) is 0.285. The van der Waals surface area contributed by atoms with Gasteiger partial charge in [-0.05, 0) is 6.92 Å². The lowest BCUT2D eigenvalue weighted by molar-refractivity contribution is -0.109. The minimum Gasteiger partial charge on any atom is -0.357 e. The summed E-state index contributed by atoms with van der Waals surface area (Å²) in [5, 5.41) is 1.90. The van der Waals surface area contributed by atoms with Gasteiger partial charge in [-0.15, -0.1) is 0 Å². The largest absolute Gasteiger partial charge is 0.357 e. The Morgan fingerprint density at radius 1 is 1.89 bits per heavy atom. The molecule has 54 valence electrons. The Morgan fingerprint density at radius 2 is 2.44 bits per heavy atom. The second-order valence-corrected chi connectivity index (χ2v) is 2.97. The number of amides is 1. The molecule has 0 saturated heterocycles. The first-order valence-corrected chi connectivity index (χ1v) is 3.62. The predicted molar refractivity (Wildman–Crippen MR) is 34.3 cm³/mol. The second kappa shape index (κ2) is 4.46. The van der Waals surface area contributed by atoms with Crippen molar-refractivity contribution < 1.29 is 13.6 Å². The monoisotopic (exact) mass is 151 g/mol. The van der Waals surface area contributed by atoms with Crippen LogP contribution in [0.4, 0.5) is 0 Å². The molecular weight excluding hydrogens is 142 g/mol. The molecule has 4 nitrogen and oxygen atoms in total. The van der Waals surface area contributed by atoms with Crippen molar-refractivity contribution in [1.82, 2.24) is 5.32 Å². The Morgan fingerprint density at radius 3 is 2.78 bits per heavy atom. The first kappa shape index (κ1) is 8.58. The number of hydrogen-bond donors (Lipinski definition) is 2. The Balaban J connectivity index is 3.37. The van der Waals surface area contributed by atoms with Gasteiger partial charge in [0.25, 0.3) is 0 Å². The van der Waals surface area contributed by atoms with E-state index in [-0.39, 0.29) is 6.54 Å². The topological polar surface area (TPSA) is 66.4 Å². The highest BCUT2D eigenvalue weighted by Crippen LogP contribution is 1.87. The van der Waals surface area contributed by atoms with Gasteiger partial charge in [-0.2, -0.15) is 0 Å². The number of carbonyl (C=O) groups excluding carboxylic acids is 1. The maximum Gasteiger partial charge on any atom is 0.207 e. The van der Waals surface area contributed by atoms with Crippen LogP contribution in [-0.2, 0) is 15.9 Å². The molecule has 9 heavy (non-hydrogen) atoms. The third-order valence-corrected chi connectivity index (χ3v) is 1.69. The molecule has 0 fully saturated rings. The fraction of sp³-hybridized carbons (Fsp3) is 0.750. The molecule has 0 aliphatic carbocycles. The molecule has 0 aromatic heterocycles. The summed E-state index contributed by atoms with van der Waals surface area (Å²) in [7, 11) is 0. The van der Waals surface area contributed by atoms with Crippen LogP contribution in [0.25, 0.3) is 0 Å². The summed E-state index contributed by atoms with van der Waals surface area (Å²) in [6.07, 6.45) is 0.503. The van der Waals surface area contributed by atoms with Gasteiger partial charge < -0.3 is 9.87 Å². The molecule has 0 aromatic carbocycles. The van der Waals surface area contributed by atoms with Crippen LogP contribution in [0.2, 0.25) is 0 Å². The van der Waals surface area contributed by atoms with Crippen LogP contribution in [0.1, 0.15) is 6.92 Å². The summed E-state index contributed by atoms with van der Waals surface area (Å²) in [5.41, 5.74) is 0. The van der Waals surface area contributed by atoms with E-state index in [9.17, 15) is 9.00 Å². The molecule has 0 aliphatic heterocycles. The van der Waals surface area contributed by atoms with Crippen LogP contribution in [-0.4, -0.2) is 27.0 Å². The molecule has 2 unspecified atom stereocenters. The summed E-state index contributed by atoms with van der Waals surface area (Å²) in [4.78, 5) is 9.64. The van der Waals surface area contributed by atoms with Gasteiger partial charge in [0.05, 0.1) is 5.25 Å². The molecule has 0 rings (SSSR count). The maximum atomic E-state index is 10.2. The fourth-order valence-corrected chi connectivity index (χ4v) is 0.524. The van der Waals surface area contributed by atoms with Crippen molar-refractivity contribution in [2.24, 2.45) is 0 Å². The van der Waals surface area contributed by atoms with E-state index in [0.29, 0.717) is 6.41 Å². The zero-order valence-corrected chi connectivity index (χ0v) is 5.85. The van der Waals surface area contributed by atoms with Crippen LogP contribution >= 0.6 is 0 Å². The smallest absolute Gasteiger partial charge is 0.207 e. The van der Waals surface area contributed by atoms with Gasteiger partial charge in [0.1, 0.15) is 0 Å². The Hall–Kier alpha value is -0.420. The van der Waals surface area contributed by atoms with Crippen molar-refractivity contribution >= 4 is 17.5 Å². The van der Waals surface area contributed by atoms with E-state index in [2.05, 4.69) is 5.32 Å². The van der Waals surface area contributed by atoms with Gasteiger partial charge in [-0.1, -0.05) is 0 Å². The van der Waals surface area contributed by atoms with E-state index in [4.69, 9.17) is 4.55 Å². The second-order valence-electron chi connectivity index (χ2n) is 1.61. The summed E-state index contributed by atoms with van der Waals surface area (Å²) in [6, 6.07) is 0. The van der Waals surface area contributed by atoms with E-state index < -0.39 is 16.3 Å². The quantitative estimate of drug-likeness (QED) is 0.414. The van der Waals surface area contributed by atoms with Crippen LogP contribution < -0.4 is 5.32 Å². The van der Waals surface area contributed by atoms with Gasteiger partial charge in [0, 0.05) is 6.54 Å². The third-order valence-electron chi connectivity index (χ3n) is 0.833. The molecule has 0 heterocycles. The molecular formula is C4H9NO3S. The summed E-state index contributed by atoms with van der Waals surface area (Å²) < 4.78 is 18.5. The first-order chi connectivity index (χ1) is 4.18. The highest BCUT2D eigenvalue weighted by molar-refractivity contribution is 7.79. The van der Waals surface area contributed by atoms with Crippen LogP contribution in [0.3, 0.4) is 0 Å². The molecule has 0 saturated carbocycles. The molecule has 0 aromatic rings. The van der Waals surface area contributed by atoms with E-state index in [1.54, 1.807) is 6.92 Å². The summed E-state index contributed by atoms with van der Waals surface area (Å²) in [5.74, 6) is 0. The Bertz CT molecular complexity index is 116. The summed E-state index contributed by atoms with van der Waals surface area (Å²) >= 11 is -1.83. The molecule has 5 heteroatoms. The zero-order valence-electron chi connectivity index (χ0n) is 5.03. The minimum atomic E-state index is -1.83. The van der Waals surface area contributed by atoms with Crippen molar-refractivity contribution in [2.45, 2.75) is 12.2 Å². The minimum absolute atomic E-state index is 0.243. The molecule has 0 spiro atoms. The van der Waals surface area contributed by atoms with Gasteiger partial charge in [0.15, 0.2) is 11.1 Å². The highest BCUT2D eigenvalue weighted by atomic mass is 32.2. The zero-order chi connectivity index (χ0) is 7.28. The van der Waals surface area contributed by atoms with Crippen LogP contribution in [0.15, 0.2) is 0 Å². The highest BCUT2D eigenvalue weighted by Gasteiger charge is 2.05. The molecule has 1 amide bonds. The lowest BCUT2D eigenvalue weighted by Crippen LogP contribution is -2.26. The predicted octanol–water partition coefficient (Wildman–Crippen LogP) is -0.657. The van der Waals surface area contributed by atoms with Gasteiger partial charge >= 0.3 is 0 Å². The van der Waals surface area contributed by atoms with Crippen molar-refractivity contribution in [2.75, 3.05) is 6.54 Å². The van der Waals surface area contributed by atoms with Crippen molar-refractivity contribution in [3.63, 3.8) is 0 Å². The van der Waals surface area contributed by atoms with Gasteiger partial charge in [0.2, 0.25) is 6.41 Å². The maximum absolute atomic E-state index is 10.2. The van der Waals surface area contributed by atoms with E-state index in [1.807, 2.05) is 0 Å². The molecule has 2 N–H and O–H groups in total. The number of hydrogen-bond acceptors (Lipinski definition) is 2. The third kappa shape index (κ3) is 4.11. The number of rotatable bonds is 4. The lowest BCUT2D eigenvalue weighted by Gasteiger charge is -2.02. The van der Waals surface area contributed by atoms with E-state index in [1.165, 1.54) is 0 Å². The first-order valence-electron chi connectivity index (χ1n) is 2.45. The van der Waals surface area contributed by atoms with Crippen molar-refractivity contribution in [1.29, 1.82) is 0 Å². The molecule has 0 bridgehead atoms. The van der Waals surface area contributed by atoms with Crippen molar-refractivity contribution in [3.8, 4) is 0 Å². The van der Waals surface area contributed by atoms with Crippen LogP contribution in [0.5, 0.6) is 0 Å². The molecule has 2 atom stereocenters. The normalized spacial score (nSPS) is 16.2. The lowest BCUT2D eigenvalue weighted by atomic mass is 10.5. The standard InChI is InChI=1S/C4H9NO3S/c1-4(9(7)8)2-5-3-6/h3-4H,2H2,1H3,(H,5,6)(H,7,8). The van der Waals surface area contributed by atoms with Gasteiger partial charge in [-0.25, -0.2) is 4.21 Å². The average Bonchev–Trinajstić information content (AvgIpc) is 1.82. The number of carbonyl (C=O) groups is 1. The number of nitrogens with one attached hydrogen (secondary N) is 1. The van der Waals surface area contributed by atoms with Gasteiger partial charge in [-0.3, -0.25) is 4.79 Å². The summed E-state index contributed by atoms with van der Waals surface area (Å²) in [6.45, 7) is 1.82. The molecule has 0 aliphatic rings. The SMILES string of the molecule is CC(CNC=O)S(=O)O. The average molecular weight is 151 g/mol. The Kier molecular flexibility index (Phi) is 4.25. The van der Waals surface area contributed by atoms with E-state index >= 15 is 0 Å². The van der Waals surface area contributed by atoms with Crippen LogP contribution in [0, 0.1) is 0 Å².